The van der Waals surface area contributed by atoms with E-state index in [1.165, 1.54) is 9.80 Å². The standard InChI is InChI=1S/C27H35N3O7/c1-14(2)11-20-29-18-12-15(35-5)8-9-16(18)21-22(29)19(13-26(3,4)37-36-20)30-24(32)17-7-6-10-28(17)25(33)27(30,34)23(21)31/h8-9,11-12,17,19-23,31,34H,6-7,10,13H2,1-5H3/t17-,19-,20-,21+,22-,23-,27+/m0/s1. The highest BCUT2D eigenvalue weighted by atomic mass is 17.2. The van der Waals surface area contributed by atoms with Gasteiger partial charge in [-0.1, -0.05) is 11.6 Å². The predicted molar refractivity (Wildman–Crippen MR) is 132 cm³/mol. The Bertz CT molecular complexity index is 1180. The minimum absolute atomic E-state index is 0.290. The van der Waals surface area contributed by atoms with E-state index in [4.69, 9.17) is 14.5 Å². The van der Waals surface area contributed by atoms with Gasteiger partial charge in [0.15, 0.2) is 6.23 Å². The summed E-state index contributed by atoms with van der Waals surface area (Å²) >= 11 is 0. The van der Waals surface area contributed by atoms with Gasteiger partial charge in [0.1, 0.15) is 23.5 Å². The minimum atomic E-state index is -2.38. The number of nitrogens with zero attached hydrogens (tertiary/aromatic N) is 3. The van der Waals surface area contributed by atoms with Gasteiger partial charge in [-0.3, -0.25) is 14.5 Å². The third-order valence-electron chi connectivity index (χ3n) is 8.58. The fourth-order valence-corrected chi connectivity index (χ4v) is 7.13. The number of aliphatic hydroxyl groups is 2. The lowest BCUT2D eigenvalue weighted by molar-refractivity contribution is -0.380. The first-order valence-corrected chi connectivity index (χ1v) is 13.0. The molecule has 2 amide bonds. The molecule has 7 atom stereocenters. The summed E-state index contributed by atoms with van der Waals surface area (Å²) < 4.78 is 5.51. The maximum atomic E-state index is 14.0. The normalized spacial score (nSPS) is 37.8. The molecular formula is C27H35N3O7. The van der Waals surface area contributed by atoms with E-state index < -0.39 is 53.6 Å². The molecule has 5 aliphatic heterocycles. The Labute approximate surface area is 216 Å². The number of fused-ring (bicyclic) bond motifs is 6. The van der Waals surface area contributed by atoms with Crippen molar-refractivity contribution in [1.82, 2.24) is 9.80 Å². The summed E-state index contributed by atoms with van der Waals surface area (Å²) in [4.78, 5) is 44.6. The first-order chi connectivity index (χ1) is 17.5. The number of aliphatic hydroxyl groups excluding tert-OH is 1. The molecule has 0 saturated carbocycles. The molecule has 1 aromatic carbocycles. The van der Waals surface area contributed by atoms with Gasteiger partial charge in [-0.2, -0.15) is 0 Å². The second-order valence-corrected chi connectivity index (χ2v) is 11.7. The van der Waals surface area contributed by atoms with Gasteiger partial charge in [-0.25, -0.2) is 9.78 Å². The summed E-state index contributed by atoms with van der Waals surface area (Å²) in [5.41, 5.74) is -0.723. The number of carbonyl (C=O) groups excluding carboxylic acids is 2. The second-order valence-electron chi connectivity index (χ2n) is 11.7. The molecule has 0 bridgehead atoms. The van der Waals surface area contributed by atoms with Gasteiger partial charge in [-0.05, 0) is 58.2 Å². The zero-order valence-corrected chi connectivity index (χ0v) is 21.9. The predicted octanol–water partition coefficient (Wildman–Crippen LogP) is 1.66. The Morgan fingerprint density at radius 3 is 2.70 bits per heavy atom. The molecule has 2 N–H and O–H groups in total. The van der Waals surface area contributed by atoms with E-state index in [1.54, 1.807) is 13.2 Å². The number of anilines is 1. The molecule has 5 heterocycles. The van der Waals surface area contributed by atoms with Crippen molar-refractivity contribution < 1.29 is 34.3 Å². The smallest absolute Gasteiger partial charge is 0.279 e. The van der Waals surface area contributed by atoms with Crippen molar-refractivity contribution in [2.45, 2.75) is 94.7 Å². The van der Waals surface area contributed by atoms with Gasteiger partial charge in [0.05, 0.1) is 19.2 Å². The number of hydrogen-bond donors (Lipinski definition) is 2. The van der Waals surface area contributed by atoms with Crippen molar-refractivity contribution in [2.24, 2.45) is 0 Å². The SMILES string of the molecule is COc1ccc2c(c1)N1[C@@H]3[C@@H]2[C@H](O)[C@@]2(O)C(=O)N4CCC[C@H]4C(=O)N2[C@H]3CC(C)(C)OO[C@H]1C=C(C)C. The van der Waals surface area contributed by atoms with Gasteiger partial charge >= 0.3 is 0 Å². The van der Waals surface area contributed by atoms with Crippen LogP contribution < -0.4 is 9.64 Å². The van der Waals surface area contributed by atoms with Crippen LogP contribution in [0.5, 0.6) is 5.75 Å². The van der Waals surface area contributed by atoms with Crippen LogP contribution in [-0.4, -0.2) is 87.3 Å². The van der Waals surface area contributed by atoms with Crippen LogP contribution in [0.4, 0.5) is 5.69 Å². The number of piperidine rings is 1. The molecule has 1 aromatic rings. The van der Waals surface area contributed by atoms with Crippen LogP contribution in [0.15, 0.2) is 29.8 Å². The third-order valence-corrected chi connectivity index (χ3v) is 8.58. The molecule has 6 rings (SSSR count). The van der Waals surface area contributed by atoms with Crippen LogP contribution in [0, 0.1) is 0 Å². The van der Waals surface area contributed by atoms with Gasteiger partial charge in [-0.15, -0.1) is 0 Å². The van der Waals surface area contributed by atoms with Crippen molar-refractivity contribution in [3.8, 4) is 5.75 Å². The second kappa shape index (κ2) is 8.17. The number of hydrogen-bond acceptors (Lipinski definition) is 8. The Hall–Kier alpha value is -2.66. The maximum Gasteiger partial charge on any atom is 0.279 e. The molecule has 0 spiro atoms. The number of allylic oxidation sites excluding steroid dienone is 1. The molecule has 4 fully saturated rings. The van der Waals surface area contributed by atoms with Gasteiger partial charge in [0.25, 0.3) is 5.91 Å². The Kier molecular flexibility index (Phi) is 5.44. The first kappa shape index (κ1) is 24.7. The lowest BCUT2D eigenvalue weighted by atomic mass is 9.71. The van der Waals surface area contributed by atoms with Crippen LogP contribution in [0.1, 0.15) is 58.4 Å². The summed E-state index contributed by atoms with van der Waals surface area (Å²) in [6.07, 6.45) is 1.22. The number of piperazine rings is 1. The van der Waals surface area contributed by atoms with E-state index >= 15 is 0 Å². The van der Waals surface area contributed by atoms with E-state index in [0.29, 0.717) is 25.1 Å². The zero-order chi connectivity index (χ0) is 26.4. The van der Waals surface area contributed by atoms with Gasteiger partial charge in [0.2, 0.25) is 11.6 Å². The maximum absolute atomic E-state index is 14.0. The molecule has 0 aliphatic carbocycles. The van der Waals surface area contributed by atoms with Gasteiger partial charge in [0, 0.05) is 30.6 Å². The van der Waals surface area contributed by atoms with Crippen LogP contribution >= 0.6 is 0 Å². The van der Waals surface area contributed by atoms with Crippen LogP contribution in [-0.2, 0) is 19.4 Å². The summed E-state index contributed by atoms with van der Waals surface area (Å²) in [5, 5.41) is 24.0. The highest BCUT2D eigenvalue weighted by Crippen LogP contribution is 2.56. The van der Waals surface area contributed by atoms with Crippen molar-refractivity contribution in [2.75, 3.05) is 18.6 Å². The van der Waals surface area contributed by atoms with E-state index in [-0.39, 0.29) is 12.3 Å². The van der Waals surface area contributed by atoms with Crippen molar-refractivity contribution >= 4 is 17.5 Å². The van der Waals surface area contributed by atoms with Crippen molar-refractivity contribution in [1.29, 1.82) is 0 Å². The summed E-state index contributed by atoms with van der Waals surface area (Å²) in [6.45, 7) is 8.04. The zero-order valence-electron chi connectivity index (χ0n) is 21.9. The molecule has 0 radical (unpaired) electrons. The Morgan fingerprint density at radius 2 is 2.00 bits per heavy atom. The largest absolute Gasteiger partial charge is 0.497 e. The summed E-state index contributed by atoms with van der Waals surface area (Å²) in [6, 6.07) is 3.78. The molecule has 4 saturated heterocycles. The molecule has 5 aliphatic rings. The fraction of sp³-hybridized carbons (Fsp3) is 0.630. The highest BCUT2D eigenvalue weighted by Gasteiger charge is 2.71. The first-order valence-electron chi connectivity index (χ1n) is 13.0. The van der Waals surface area contributed by atoms with Crippen LogP contribution in [0.2, 0.25) is 0 Å². The topological polar surface area (TPSA) is 112 Å². The van der Waals surface area contributed by atoms with E-state index in [1.807, 2.05) is 50.8 Å². The van der Waals surface area contributed by atoms with Gasteiger partial charge < -0.3 is 24.7 Å². The lowest BCUT2D eigenvalue weighted by Gasteiger charge is -2.60. The van der Waals surface area contributed by atoms with Crippen LogP contribution in [0.3, 0.4) is 0 Å². The summed E-state index contributed by atoms with van der Waals surface area (Å²) in [5.74, 6) is -0.973. The monoisotopic (exact) mass is 513 g/mol. The number of amides is 2. The number of rotatable bonds is 2. The fourth-order valence-electron chi connectivity index (χ4n) is 7.13. The number of benzene rings is 1. The molecule has 10 heteroatoms. The lowest BCUT2D eigenvalue weighted by Crippen LogP contribution is -2.82. The van der Waals surface area contributed by atoms with E-state index in [9.17, 15) is 19.8 Å². The Morgan fingerprint density at radius 1 is 1.24 bits per heavy atom. The Balaban J connectivity index is 1.60. The highest BCUT2D eigenvalue weighted by molar-refractivity contribution is 6.00. The van der Waals surface area contributed by atoms with Crippen molar-refractivity contribution in [3.05, 3.63) is 35.4 Å². The molecule has 37 heavy (non-hydrogen) atoms. The third kappa shape index (κ3) is 3.32. The molecular weight excluding hydrogens is 478 g/mol. The average Bonchev–Trinajstić information content (AvgIpc) is 3.46. The number of carbonyl (C=O) groups is 2. The van der Waals surface area contributed by atoms with E-state index in [2.05, 4.69) is 0 Å². The quantitative estimate of drug-likeness (QED) is 0.454. The minimum Gasteiger partial charge on any atom is -0.497 e. The average molecular weight is 514 g/mol. The molecule has 0 unspecified atom stereocenters. The summed E-state index contributed by atoms with van der Waals surface area (Å²) in [7, 11) is 1.58. The number of methoxy groups -OCH3 is 1. The van der Waals surface area contributed by atoms with Crippen LogP contribution in [0.25, 0.3) is 0 Å². The van der Waals surface area contributed by atoms with Crippen molar-refractivity contribution in [3.63, 3.8) is 0 Å². The number of ether oxygens (including phenoxy) is 1. The molecule has 0 aromatic heterocycles. The molecule has 200 valence electrons. The molecule has 10 nitrogen and oxygen atoms in total. The van der Waals surface area contributed by atoms with E-state index in [0.717, 1.165) is 16.8 Å².